The van der Waals surface area contributed by atoms with Crippen LogP contribution in [-0.2, 0) is 0 Å². The van der Waals surface area contributed by atoms with Gasteiger partial charge in [0, 0.05) is 19.6 Å². The van der Waals surface area contributed by atoms with Crippen LogP contribution in [0.2, 0.25) is 0 Å². The maximum atomic E-state index is 3.76. The van der Waals surface area contributed by atoms with Crippen molar-refractivity contribution in [2.45, 2.75) is 66.2 Å². The summed E-state index contributed by atoms with van der Waals surface area (Å²) in [4.78, 5) is 2.58. The standard InChI is InChI=1S/C18H38N2/c1-16(2)12-19-14-18(10-8-6-7-9-11-18)15-20(5)13-17(3)4/h16-17,19H,6-15H2,1-5H3. The summed E-state index contributed by atoms with van der Waals surface area (Å²) in [7, 11) is 2.31. The van der Waals surface area contributed by atoms with Gasteiger partial charge >= 0.3 is 0 Å². The lowest BCUT2D eigenvalue weighted by Crippen LogP contribution is -2.44. The number of nitrogens with zero attached hydrogens (tertiary/aromatic N) is 1. The highest BCUT2D eigenvalue weighted by molar-refractivity contribution is 4.86. The fourth-order valence-electron chi connectivity index (χ4n) is 3.76. The minimum Gasteiger partial charge on any atom is -0.316 e. The van der Waals surface area contributed by atoms with E-state index < -0.39 is 0 Å². The van der Waals surface area contributed by atoms with E-state index in [4.69, 9.17) is 0 Å². The molecule has 0 spiro atoms. The first-order valence-corrected chi connectivity index (χ1v) is 8.83. The van der Waals surface area contributed by atoms with Crippen molar-refractivity contribution in [1.82, 2.24) is 10.2 Å². The Bertz CT molecular complexity index is 240. The van der Waals surface area contributed by atoms with Crippen molar-refractivity contribution in [3.63, 3.8) is 0 Å². The zero-order chi connectivity index (χ0) is 15.0. The molecule has 1 rings (SSSR count). The Labute approximate surface area is 127 Å². The normalized spacial score (nSPS) is 19.8. The highest BCUT2D eigenvalue weighted by Gasteiger charge is 2.31. The zero-order valence-corrected chi connectivity index (χ0v) is 14.7. The second kappa shape index (κ2) is 9.04. The number of hydrogen-bond acceptors (Lipinski definition) is 2. The van der Waals surface area contributed by atoms with E-state index in [-0.39, 0.29) is 0 Å². The Morgan fingerprint density at radius 3 is 2.05 bits per heavy atom. The topological polar surface area (TPSA) is 15.3 Å². The van der Waals surface area contributed by atoms with E-state index in [1.165, 1.54) is 58.2 Å². The van der Waals surface area contributed by atoms with Gasteiger partial charge in [0.05, 0.1) is 0 Å². The number of nitrogens with one attached hydrogen (secondary N) is 1. The first-order chi connectivity index (χ1) is 9.43. The molecule has 2 heteroatoms. The fraction of sp³-hybridized carbons (Fsp3) is 1.00. The smallest absolute Gasteiger partial charge is 0.00472 e. The lowest BCUT2D eigenvalue weighted by atomic mass is 9.79. The third-order valence-electron chi connectivity index (χ3n) is 4.50. The first-order valence-electron chi connectivity index (χ1n) is 8.83. The van der Waals surface area contributed by atoms with Crippen molar-refractivity contribution in [2.24, 2.45) is 17.3 Å². The molecular weight excluding hydrogens is 244 g/mol. The average molecular weight is 283 g/mol. The van der Waals surface area contributed by atoms with Crippen LogP contribution in [0.15, 0.2) is 0 Å². The highest BCUT2D eigenvalue weighted by Crippen LogP contribution is 2.35. The molecule has 0 amide bonds. The van der Waals surface area contributed by atoms with Crippen LogP contribution in [0.25, 0.3) is 0 Å². The number of rotatable bonds is 8. The van der Waals surface area contributed by atoms with Crippen molar-refractivity contribution in [3.8, 4) is 0 Å². The van der Waals surface area contributed by atoms with E-state index in [0.29, 0.717) is 5.41 Å². The largest absolute Gasteiger partial charge is 0.316 e. The van der Waals surface area contributed by atoms with E-state index in [9.17, 15) is 0 Å². The van der Waals surface area contributed by atoms with Crippen LogP contribution in [0, 0.1) is 17.3 Å². The predicted molar refractivity (Wildman–Crippen MR) is 90.2 cm³/mol. The molecule has 0 bridgehead atoms. The van der Waals surface area contributed by atoms with Crippen LogP contribution in [0.3, 0.4) is 0 Å². The quantitative estimate of drug-likeness (QED) is 0.673. The van der Waals surface area contributed by atoms with E-state index in [2.05, 4.69) is 45.0 Å². The molecule has 2 nitrogen and oxygen atoms in total. The molecule has 120 valence electrons. The van der Waals surface area contributed by atoms with Gasteiger partial charge < -0.3 is 10.2 Å². The summed E-state index contributed by atoms with van der Waals surface area (Å²) in [5.41, 5.74) is 0.523. The molecule has 1 N–H and O–H groups in total. The minimum absolute atomic E-state index is 0.523. The molecule has 20 heavy (non-hydrogen) atoms. The van der Waals surface area contributed by atoms with Gasteiger partial charge in [-0.15, -0.1) is 0 Å². The monoisotopic (exact) mass is 282 g/mol. The van der Waals surface area contributed by atoms with Gasteiger partial charge in [0.25, 0.3) is 0 Å². The second-order valence-electron chi connectivity index (χ2n) is 8.03. The summed E-state index contributed by atoms with van der Waals surface area (Å²) < 4.78 is 0. The van der Waals surface area contributed by atoms with Crippen LogP contribution >= 0.6 is 0 Å². The molecule has 0 aromatic carbocycles. The molecule has 0 aliphatic heterocycles. The molecule has 0 aromatic rings. The van der Waals surface area contributed by atoms with Gasteiger partial charge in [0.15, 0.2) is 0 Å². The van der Waals surface area contributed by atoms with Crippen molar-refractivity contribution >= 4 is 0 Å². The van der Waals surface area contributed by atoms with Crippen molar-refractivity contribution in [1.29, 1.82) is 0 Å². The van der Waals surface area contributed by atoms with Crippen LogP contribution in [0.4, 0.5) is 0 Å². The fourth-order valence-corrected chi connectivity index (χ4v) is 3.76. The zero-order valence-electron chi connectivity index (χ0n) is 14.7. The van der Waals surface area contributed by atoms with E-state index >= 15 is 0 Å². The van der Waals surface area contributed by atoms with Gasteiger partial charge in [0.1, 0.15) is 0 Å². The van der Waals surface area contributed by atoms with E-state index in [1.807, 2.05) is 0 Å². The number of hydrogen-bond donors (Lipinski definition) is 1. The Morgan fingerprint density at radius 1 is 0.950 bits per heavy atom. The lowest BCUT2D eigenvalue weighted by molar-refractivity contribution is 0.136. The average Bonchev–Trinajstić information content (AvgIpc) is 2.53. The van der Waals surface area contributed by atoms with Gasteiger partial charge in [-0.05, 0) is 43.7 Å². The SMILES string of the molecule is CC(C)CNCC1(CN(C)CC(C)C)CCCCCC1. The molecule has 1 fully saturated rings. The summed E-state index contributed by atoms with van der Waals surface area (Å²) in [6.07, 6.45) is 8.58. The summed E-state index contributed by atoms with van der Waals surface area (Å²) in [5.74, 6) is 1.53. The van der Waals surface area contributed by atoms with Crippen molar-refractivity contribution in [3.05, 3.63) is 0 Å². The minimum atomic E-state index is 0.523. The third-order valence-corrected chi connectivity index (χ3v) is 4.50. The maximum Gasteiger partial charge on any atom is 0.00472 e. The first kappa shape index (κ1) is 18.0. The predicted octanol–water partition coefficient (Wildman–Crippen LogP) is 4.16. The Hall–Kier alpha value is -0.0800. The molecule has 0 heterocycles. The molecule has 1 aliphatic carbocycles. The van der Waals surface area contributed by atoms with Crippen LogP contribution in [0.5, 0.6) is 0 Å². The molecule has 1 aliphatic rings. The summed E-state index contributed by atoms with van der Waals surface area (Å²) in [6.45, 7) is 14.1. The molecule has 1 saturated carbocycles. The van der Waals surface area contributed by atoms with Gasteiger partial charge in [0.2, 0.25) is 0 Å². The summed E-state index contributed by atoms with van der Waals surface area (Å²) in [6, 6.07) is 0. The molecule has 0 atom stereocenters. The van der Waals surface area contributed by atoms with E-state index in [0.717, 1.165) is 18.4 Å². The van der Waals surface area contributed by atoms with Crippen LogP contribution < -0.4 is 5.32 Å². The van der Waals surface area contributed by atoms with Crippen LogP contribution in [0.1, 0.15) is 66.2 Å². The molecule has 0 aromatic heterocycles. The second-order valence-corrected chi connectivity index (χ2v) is 8.03. The Kier molecular flexibility index (Phi) is 8.13. The van der Waals surface area contributed by atoms with Gasteiger partial charge in [-0.1, -0.05) is 53.4 Å². The lowest BCUT2D eigenvalue weighted by Gasteiger charge is -2.38. The maximum absolute atomic E-state index is 3.76. The molecule has 0 unspecified atom stereocenters. The Balaban J connectivity index is 2.57. The van der Waals surface area contributed by atoms with Crippen molar-refractivity contribution < 1.29 is 0 Å². The highest BCUT2D eigenvalue weighted by atomic mass is 15.1. The third kappa shape index (κ3) is 7.08. The molecular formula is C18H38N2. The summed E-state index contributed by atoms with van der Waals surface area (Å²) in [5, 5.41) is 3.76. The van der Waals surface area contributed by atoms with Crippen molar-refractivity contribution in [2.75, 3.05) is 33.2 Å². The van der Waals surface area contributed by atoms with E-state index in [1.54, 1.807) is 0 Å². The Morgan fingerprint density at radius 2 is 1.55 bits per heavy atom. The molecule has 0 radical (unpaired) electrons. The summed E-state index contributed by atoms with van der Waals surface area (Å²) >= 11 is 0. The van der Waals surface area contributed by atoms with Crippen LogP contribution in [-0.4, -0.2) is 38.1 Å². The van der Waals surface area contributed by atoms with Gasteiger partial charge in [-0.2, -0.15) is 0 Å². The van der Waals surface area contributed by atoms with Gasteiger partial charge in [-0.25, -0.2) is 0 Å². The molecule has 0 saturated heterocycles. The van der Waals surface area contributed by atoms with Gasteiger partial charge in [-0.3, -0.25) is 0 Å².